The molecule has 1 N–H and O–H groups in total. The number of esters is 1. The SMILES string of the molecule is [2H]C([2H])([2H])C(C(=O)OC(CC(=O)O)C[N+](C)(C)C)C([2H])([2H])[2H].[Cl-]. The minimum Gasteiger partial charge on any atom is -1.00 e. The average Bonchev–Trinajstić information content (AvgIpc) is 2.05. The van der Waals surface area contributed by atoms with Crippen molar-refractivity contribution in [3.05, 3.63) is 0 Å². The molecular formula is C11H22ClNO4. The van der Waals surface area contributed by atoms with Gasteiger partial charge in [-0.05, 0) is 0 Å². The van der Waals surface area contributed by atoms with Gasteiger partial charge >= 0.3 is 11.9 Å². The second-order valence-electron chi connectivity index (χ2n) is 4.56. The molecular weight excluding hydrogens is 246 g/mol. The molecule has 0 aliphatic rings. The number of carbonyl (C=O) groups excluding carboxylic acids is 1. The van der Waals surface area contributed by atoms with Crippen molar-refractivity contribution in [1.82, 2.24) is 0 Å². The minimum atomic E-state index is -3.06. The summed E-state index contributed by atoms with van der Waals surface area (Å²) in [4.78, 5) is 22.8. The molecule has 5 nitrogen and oxygen atoms in total. The second kappa shape index (κ2) is 7.50. The van der Waals surface area contributed by atoms with E-state index in [4.69, 9.17) is 18.1 Å². The molecule has 0 aliphatic carbocycles. The Kier molecular flexibility index (Phi) is 4.04. The Morgan fingerprint density at radius 2 is 1.88 bits per heavy atom. The maximum absolute atomic E-state index is 12.0. The van der Waals surface area contributed by atoms with Crippen LogP contribution in [0.4, 0.5) is 0 Å². The summed E-state index contributed by atoms with van der Waals surface area (Å²) in [5, 5.41) is 8.83. The third-order valence-electron chi connectivity index (χ3n) is 1.67. The van der Waals surface area contributed by atoms with Crippen LogP contribution in [0.3, 0.4) is 0 Å². The molecule has 0 aromatic heterocycles. The lowest BCUT2D eigenvalue weighted by Crippen LogP contribution is -3.00. The normalized spacial score (nSPS) is 19.5. The number of hydrogen-bond donors (Lipinski definition) is 1. The number of halogens is 1. The van der Waals surface area contributed by atoms with E-state index >= 15 is 0 Å². The first-order valence-corrected chi connectivity index (χ1v) is 4.77. The zero-order chi connectivity index (χ0) is 17.9. The number of carboxylic acid groups (broad SMARTS) is 1. The van der Waals surface area contributed by atoms with Gasteiger partial charge in [-0.25, -0.2) is 0 Å². The van der Waals surface area contributed by atoms with Gasteiger partial charge in [0.05, 0.1) is 33.5 Å². The van der Waals surface area contributed by atoms with Crippen molar-refractivity contribution < 1.29 is 44.5 Å². The first-order chi connectivity index (χ1) is 9.54. The number of hydrogen-bond acceptors (Lipinski definition) is 3. The first kappa shape index (κ1) is 9.16. The molecule has 0 aromatic rings. The standard InChI is InChI=1S/C11H21NO4.ClH/c1-8(2)11(15)16-9(6-10(13)14)7-12(3,4)5;/h8-9H,6-7H2,1-5H3;1H/i1D3,2D3;. The van der Waals surface area contributed by atoms with E-state index in [-0.39, 0.29) is 23.4 Å². The summed E-state index contributed by atoms with van der Waals surface area (Å²) in [5.74, 6) is -4.96. The van der Waals surface area contributed by atoms with Gasteiger partial charge in [-0.2, -0.15) is 0 Å². The number of carboxylic acids is 1. The smallest absolute Gasteiger partial charge is 0.308 e. The Bertz CT molecular complexity index is 404. The summed E-state index contributed by atoms with van der Waals surface area (Å²) >= 11 is 0. The Hall–Kier alpha value is -0.810. The van der Waals surface area contributed by atoms with Gasteiger partial charge in [-0.1, -0.05) is 13.7 Å². The van der Waals surface area contributed by atoms with Crippen LogP contribution in [0.1, 0.15) is 28.3 Å². The molecule has 0 saturated heterocycles. The van der Waals surface area contributed by atoms with E-state index < -0.39 is 44.1 Å². The van der Waals surface area contributed by atoms with Crippen LogP contribution >= 0.6 is 0 Å². The summed E-state index contributed by atoms with van der Waals surface area (Å²) in [7, 11) is 5.19. The minimum absolute atomic E-state index is 0. The molecule has 0 aromatic carbocycles. The van der Waals surface area contributed by atoms with Gasteiger partial charge in [0.2, 0.25) is 0 Å². The predicted octanol–water partition coefficient (Wildman–Crippen LogP) is -2.26. The molecule has 0 radical (unpaired) electrons. The van der Waals surface area contributed by atoms with Crippen molar-refractivity contribution in [3.8, 4) is 0 Å². The first-order valence-electron chi connectivity index (χ1n) is 7.77. The van der Waals surface area contributed by atoms with Gasteiger partial charge in [0, 0.05) is 8.22 Å². The van der Waals surface area contributed by atoms with Crippen LogP contribution < -0.4 is 12.4 Å². The molecule has 1 atom stereocenters. The van der Waals surface area contributed by atoms with Crippen LogP contribution in [0.5, 0.6) is 0 Å². The van der Waals surface area contributed by atoms with Crippen molar-refractivity contribution in [3.63, 3.8) is 0 Å². The molecule has 6 heteroatoms. The predicted molar refractivity (Wildman–Crippen MR) is 59.9 cm³/mol. The molecule has 1 unspecified atom stereocenters. The topological polar surface area (TPSA) is 63.6 Å². The quantitative estimate of drug-likeness (QED) is 0.438. The zero-order valence-corrected chi connectivity index (χ0v) is 10.8. The van der Waals surface area contributed by atoms with Crippen LogP contribution in [-0.4, -0.2) is 55.3 Å². The number of nitrogens with zero attached hydrogens (tertiary/aromatic N) is 1. The van der Waals surface area contributed by atoms with Gasteiger partial charge in [-0.3, -0.25) is 9.59 Å². The summed E-state index contributed by atoms with van der Waals surface area (Å²) < 4.78 is 48.3. The van der Waals surface area contributed by atoms with Crippen molar-refractivity contribution in [2.75, 3.05) is 27.7 Å². The van der Waals surface area contributed by atoms with E-state index in [1.54, 1.807) is 21.1 Å². The fourth-order valence-corrected chi connectivity index (χ4v) is 1.18. The van der Waals surface area contributed by atoms with Gasteiger partial charge in [0.15, 0.2) is 6.10 Å². The fraction of sp³-hybridized carbons (Fsp3) is 0.818. The van der Waals surface area contributed by atoms with Gasteiger partial charge in [-0.15, -0.1) is 0 Å². The highest BCUT2D eigenvalue weighted by atomic mass is 35.5. The highest BCUT2D eigenvalue weighted by molar-refractivity contribution is 5.73. The van der Waals surface area contributed by atoms with E-state index in [9.17, 15) is 9.59 Å². The summed E-state index contributed by atoms with van der Waals surface area (Å²) in [6.45, 7) is -6.02. The monoisotopic (exact) mass is 273 g/mol. The summed E-state index contributed by atoms with van der Waals surface area (Å²) in [6.07, 6.45) is -1.65. The maximum atomic E-state index is 12.0. The van der Waals surface area contributed by atoms with Crippen LogP contribution in [0, 0.1) is 5.92 Å². The van der Waals surface area contributed by atoms with E-state index in [2.05, 4.69) is 0 Å². The molecule has 0 rings (SSSR count). The fourth-order valence-electron chi connectivity index (χ4n) is 1.18. The number of aliphatic carboxylic acids is 1. The molecule has 0 bridgehead atoms. The van der Waals surface area contributed by atoms with Crippen molar-refractivity contribution in [2.45, 2.75) is 26.2 Å². The van der Waals surface area contributed by atoms with Crippen LogP contribution in [0.25, 0.3) is 0 Å². The van der Waals surface area contributed by atoms with Gasteiger partial charge in [0.25, 0.3) is 0 Å². The lowest BCUT2D eigenvalue weighted by Gasteiger charge is -2.28. The molecule has 17 heavy (non-hydrogen) atoms. The maximum Gasteiger partial charge on any atom is 0.308 e. The third-order valence-corrected chi connectivity index (χ3v) is 1.67. The van der Waals surface area contributed by atoms with Crippen LogP contribution in [-0.2, 0) is 14.3 Å². The van der Waals surface area contributed by atoms with Crippen LogP contribution in [0.15, 0.2) is 0 Å². The Morgan fingerprint density at radius 1 is 1.35 bits per heavy atom. The molecule has 0 aliphatic heterocycles. The van der Waals surface area contributed by atoms with Crippen molar-refractivity contribution >= 4 is 11.9 Å². The van der Waals surface area contributed by atoms with E-state index in [1.165, 1.54) is 0 Å². The number of carbonyl (C=O) groups is 2. The van der Waals surface area contributed by atoms with Crippen molar-refractivity contribution in [1.29, 1.82) is 0 Å². The Morgan fingerprint density at radius 3 is 2.24 bits per heavy atom. The molecule has 0 amide bonds. The Balaban J connectivity index is 0. The summed E-state index contributed by atoms with van der Waals surface area (Å²) in [6, 6.07) is 0. The average molecular weight is 274 g/mol. The number of quaternary nitrogens is 1. The highest BCUT2D eigenvalue weighted by Crippen LogP contribution is 2.08. The van der Waals surface area contributed by atoms with Gasteiger partial charge in [0.1, 0.15) is 6.54 Å². The number of likely N-dealkylation sites (N-methyl/N-ethyl adjacent to an activating group) is 1. The molecule has 0 fully saturated rings. The van der Waals surface area contributed by atoms with E-state index in [0.29, 0.717) is 0 Å². The lowest BCUT2D eigenvalue weighted by molar-refractivity contribution is -0.873. The number of rotatable bonds is 6. The van der Waals surface area contributed by atoms with Crippen molar-refractivity contribution in [2.24, 2.45) is 5.92 Å². The molecule has 0 spiro atoms. The Labute approximate surface area is 117 Å². The molecule has 0 heterocycles. The summed E-state index contributed by atoms with van der Waals surface area (Å²) in [5.41, 5.74) is 0. The second-order valence-corrected chi connectivity index (χ2v) is 4.56. The lowest BCUT2D eigenvalue weighted by atomic mass is 10.2. The highest BCUT2D eigenvalue weighted by Gasteiger charge is 2.25. The van der Waals surface area contributed by atoms with Crippen LogP contribution in [0.2, 0.25) is 0 Å². The molecule has 0 saturated carbocycles. The van der Waals surface area contributed by atoms with Gasteiger partial charge < -0.3 is 26.7 Å². The number of ether oxygens (including phenoxy) is 1. The van der Waals surface area contributed by atoms with E-state index in [0.717, 1.165) is 0 Å². The third kappa shape index (κ3) is 10.1. The molecule has 102 valence electrons. The zero-order valence-electron chi connectivity index (χ0n) is 16.1. The van der Waals surface area contributed by atoms with E-state index in [1.807, 2.05) is 0 Å². The largest absolute Gasteiger partial charge is 1.00 e.